The van der Waals surface area contributed by atoms with Gasteiger partial charge in [-0.1, -0.05) is 23.9 Å². The number of rotatable bonds is 5. The van der Waals surface area contributed by atoms with Crippen LogP contribution in [0.3, 0.4) is 0 Å². The minimum absolute atomic E-state index is 0.0921. The van der Waals surface area contributed by atoms with Crippen LogP contribution in [0.2, 0.25) is 0 Å². The van der Waals surface area contributed by atoms with Crippen LogP contribution in [0.25, 0.3) is 10.9 Å². The zero-order valence-corrected chi connectivity index (χ0v) is 14.3. The quantitative estimate of drug-likeness (QED) is 0.568. The van der Waals surface area contributed by atoms with E-state index in [-0.39, 0.29) is 5.56 Å². The summed E-state index contributed by atoms with van der Waals surface area (Å²) in [5.74, 6) is 0.705. The fraction of sp³-hybridized carbons (Fsp3) is 0.312. The summed E-state index contributed by atoms with van der Waals surface area (Å²) >= 11 is 3.19. The van der Waals surface area contributed by atoms with E-state index in [1.807, 2.05) is 18.2 Å². The van der Waals surface area contributed by atoms with Crippen LogP contribution in [0.1, 0.15) is 18.5 Å². The molecule has 0 amide bonds. The van der Waals surface area contributed by atoms with E-state index in [0.29, 0.717) is 22.3 Å². The predicted octanol–water partition coefficient (Wildman–Crippen LogP) is 3.27. The number of hydrogen-bond acceptors (Lipinski definition) is 6. The Bertz CT molecular complexity index is 900. The fourth-order valence-corrected chi connectivity index (χ4v) is 4.15. The van der Waals surface area contributed by atoms with Crippen molar-refractivity contribution >= 4 is 39.1 Å². The number of fused-ring (bicyclic) bond motifs is 1. The Balaban J connectivity index is 1.49. The highest BCUT2D eigenvalue weighted by Crippen LogP contribution is 2.32. The van der Waals surface area contributed by atoms with Crippen LogP contribution in [0.5, 0.6) is 0 Å². The molecule has 1 aliphatic carbocycles. The number of aromatic amines is 1. The molecule has 1 N–H and O–H groups in total. The number of thiazole rings is 1. The highest BCUT2D eigenvalue weighted by molar-refractivity contribution is 7.98. The molecule has 0 radical (unpaired) electrons. The number of H-pyrrole nitrogens is 1. The van der Waals surface area contributed by atoms with Crippen LogP contribution >= 0.6 is 23.1 Å². The molecule has 0 spiro atoms. The highest BCUT2D eigenvalue weighted by Gasteiger charge is 2.27. The molecule has 3 aromatic rings. The molecule has 1 fully saturated rings. The Labute approximate surface area is 141 Å². The van der Waals surface area contributed by atoms with Gasteiger partial charge in [-0.3, -0.25) is 4.79 Å². The monoisotopic (exact) mass is 344 g/mol. The zero-order valence-electron chi connectivity index (χ0n) is 12.7. The van der Waals surface area contributed by atoms with Crippen molar-refractivity contribution in [3.63, 3.8) is 0 Å². The smallest absolute Gasteiger partial charge is 0.259 e. The molecule has 23 heavy (non-hydrogen) atoms. The molecule has 2 aromatic heterocycles. The number of nitrogens with zero attached hydrogens (tertiary/aromatic N) is 3. The van der Waals surface area contributed by atoms with E-state index in [2.05, 4.69) is 32.3 Å². The van der Waals surface area contributed by atoms with E-state index in [1.54, 1.807) is 17.4 Å². The number of nitrogens with one attached hydrogen (secondary N) is 1. The first kappa shape index (κ1) is 14.7. The highest BCUT2D eigenvalue weighted by atomic mass is 32.2. The second-order valence-electron chi connectivity index (χ2n) is 5.64. The molecule has 118 valence electrons. The van der Waals surface area contributed by atoms with Gasteiger partial charge in [0, 0.05) is 24.2 Å². The lowest BCUT2D eigenvalue weighted by atomic mass is 10.2. The van der Waals surface area contributed by atoms with Crippen molar-refractivity contribution in [2.75, 3.05) is 11.9 Å². The van der Waals surface area contributed by atoms with Crippen LogP contribution in [0.15, 0.2) is 39.6 Å². The second kappa shape index (κ2) is 5.98. The Morgan fingerprint density at radius 3 is 3.00 bits per heavy atom. The standard InChI is InChI=1S/C16H16N4OS2/c1-20(11-6-7-11)16-17-10(9-23-16)8-22-15-18-13-5-3-2-4-12(13)14(21)19-15/h2-5,9,11H,6-8H2,1H3,(H,18,19,21). The molecule has 7 heteroatoms. The molecular formula is C16H16N4OS2. The van der Waals surface area contributed by atoms with Gasteiger partial charge in [-0.25, -0.2) is 9.97 Å². The van der Waals surface area contributed by atoms with Gasteiger partial charge < -0.3 is 9.88 Å². The first-order chi connectivity index (χ1) is 11.2. The van der Waals surface area contributed by atoms with Gasteiger partial charge in [0.15, 0.2) is 10.3 Å². The second-order valence-corrected chi connectivity index (χ2v) is 7.44. The number of anilines is 1. The molecular weight excluding hydrogens is 328 g/mol. The van der Waals surface area contributed by atoms with Crippen LogP contribution in [0.4, 0.5) is 5.13 Å². The molecule has 0 saturated heterocycles. The molecule has 1 aliphatic rings. The van der Waals surface area contributed by atoms with Gasteiger partial charge in [0.25, 0.3) is 5.56 Å². The van der Waals surface area contributed by atoms with E-state index in [1.165, 1.54) is 24.6 Å². The normalized spacial score (nSPS) is 14.3. The van der Waals surface area contributed by atoms with Crippen molar-refractivity contribution in [1.29, 1.82) is 0 Å². The lowest BCUT2D eigenvalue weighted by molar-refractivity contribution is 0.904. The van der Waals surface area contributed by atoms with E-state index in [9.17, 15) is 4.79 Å². The van der Waals surface area contributed by atoms with Crippen molar-refractivity contribution in [2.45, 2.75) is 29.8 Å². The lowest BCUT2D eigenvalue weighted by Crippen LogP contribution is -2.18. The molecule has 0 bridgehead atoms. The third-order valence-electron chi connectivity index (χ3n) is 3.88. The lowest BCUT2D eigenvalue weighted by Gasteiger charge is -2.13. The molecule has 0 aliphatic heterocycles. The summed E-state index contributed by atoms with van der Waals surface area (Å²) in [6.45, 7) is 0. The van der Waals surface area contributed by atoms with Gasteiger partial charge in [-0.15, -0.1) is 11.3 Å². The van der Waals surface area contributed by atoms with Crippen molar-refractivity contribution < 1.29 is 0 Å². The van der Waals surface area contributed by atoms with Crippen LogP contribution in [-0.2, 0) is 5.75 Å². The van der Waals surface area contributed by atoms with Crippen molar-refractivity contribution in [3.05, 3.63) is 45.7 Å². The minimum Gasteiger partial charge on any atom is -0.348 e. The molecule has 1 saturated carbocycles. The topological polar surface area (TPSA) is 61.9 Å². The summed E-state index contributed by atoms with van der Waals surface area (Å²) in [6.07, 6.45) is 2.53. The number of aromatic nitrogens is 3. The number of para-hydroxylation sites is 1. The average Bonchev–Trinajstić information content (AvgIpc) is 3.30. The minimum atomic E-state index is -0.0921. The summed E-state index contributed by atoms with van der Waals surface area (Å²) in [6, 6.07) is 8.05. The fourth-order valence-electron chi connectivity index (χ4n) is 2.42. The maximum atomic E-state index is 12.1. The summed E-state index contributed by atoms with van der Waals surface area (Å²) in [5, 5.41) is 4.42. The first-order valence-corrected chi connectivity index (χ1v) is 9.36. The van der Waals surface area contributed by atoms with Gasteiger partial charge >= 0.3 is 0 Å². The number of hydrogen-bond donors (Lipinski definition) is 1. The van der Waals surface area contributed by atoms with Gasteiger partial charge in [0.2, 0.25) is 0 Å². The maximum Gasteiger partial charge on any atom is 0.259 e. The Morgan fingerprint density at radius 2 is 2.17 bits per heavy atom. The van der Waals surface area contributed by atoms with Gasteiger partial charge in [-0.2, -0.15) is 0 Å². The third kappa shape index (κ3) is 3.11. The molecule has 4 rings (SSSR count). The van der Waals surface area contributed by atoms with Crippen molar-refractivity contribution in [3.8, 4) is 0 Å². The van der Waals surface area contributed by atoms with Crippen LogP contribution in [-0.4, -0.2) is 28.0 Å². The zero-order chi connectivity index (χ0) is 15.8. The van der Waals surface area contributed by atoms with Gasteiger partial charge in [-0.05, 0) is 25.0 Å². The first-order valence-electron chi connectivity index (χ1n) is 7.50. The predicted molar refractivity (Wildman–Crippen MR) is 95.5 cm³/mol. The molecule has 0 unspecified atom stereocenters. The van der Waals surface area contributed by atoms with E-state index >= 15 is 0 Å². The van der Waals surface area contributed by atoms with Crippen molar-refractivity contribution in [2.24, 2.45) is 0 Å². The summed E-state index contributed by atoms with van der Waals surface area (Å²) in [5.41, 5.74) is 1.66. The summed E-state index contributed by atoms with van der Waals surface area (Å²) in [7, 11) is 2.11. The number of benzene rings is 1. The SMILES string of the molecule is CN(c1nc(CSc2nc3ccccc3c(=O)[nH]2)cs1)C1CC1. The largest absolute Gasteiger partial charge is 0.348 e. The number of thioether (sulfide) groups is 1. The van der Waals surface area contributed by atoms with E-state index in [4.69, 9.17) is 0 Å². The molecule has 2 heterocycles. The Kier molecular flexibility index (Phi) is 3.82. The van der Waals surface area contributed by atoms with Crippen LogP contribution in [0, 0.1) is 0 Å². The van der Waals surface area contributed by atoms with Gasteiger partial charge in [0.05, 0.1) is 16.6 Å². The average molecular weight is 344 g/mol. The Hall–Kier alpha value is -1.86. The third-order valence-corrected chi connectivity index (χ3v) is 5.77. The molecule has 5 nitrogen and oxygen atoms in total. The Morgan fingerprint density at radius 1 is 1.35 bits per heavy atom. The van der Waals surface area contributed by atoms with Crippen molar-refractivity contribution in [1.82, 2.24) is 15.0 Å². The van der Waals surface area contributed by atoms with Gasteiger partial charge in [0.1, 0.15) is 0 Å². The molecule has 1 aromatic carbocycles. The molecule has 0 atom stereocenters. The summed E-state index contributed by atoms with van der Waals surface area (Å²) in [4.78, 5) is 26.3. The van der Waals surface area contributed by atoms with E-state index in [0.717, 1.165) is 16.3 Å². The summed E-state index contributed by atoms with van der Waals surface area (Å²) < 4.78 is 0. The van der Waals surface area contributed by atoms with E-state index < -0.39 is 0 Å². The van der Waals surface area contributed by atoms with Crippen LogP contribution < -0.4 is 10.5 Å². The maximum absolute atomic E-state index is 12.1.